The van der Waals surface area contributed by atoms with Gasteiger partial charge in [0, 0.05) is 12.6 Å². The fourth-order valence-corrected chi connectivity index (χ4v) is 3.64. The molecular weight excluding hydrogens is 434 g/mol. The summed E-state index contributed by atoms with van der Waals surface area (Å²) < 4.78 is 5.29. The Balaban J connectivity index is 3.34. The zero-order chi connectivity index (χ0) is 26.1. The first-order valence-corrected chi connectivity index (χ1v) is 12.2. The van der Waals surface area contributed by atoms with Gasteiger partial charge in [-0.15, -0.1) is 0 Å². The largest absolute Gasteiger partial charge is 0.508 e. The number of phenols is 1. The van der Waals surface area contributed by atoms with Crippen LogP contribution in [0.5, 0.6) is 5.75 Å². The third-order valence-electron chi connectivity index (χ3n) is 5.35. The van der Waals surface area contributed by atoms with Crippen LogP contribution < -0.4 is 10.6 Å². The first-order valence-electron chi connectivity index (χ1n) is 12.2. The predicted octanol–water partition coefficient (Wildman–Crippen LogP) is 4.59. The van der Waals surface area contributed by atoms with Crippen LogP contribution in [0.2, 0.25) is 0 Å². The van der Waals surface area contributed by atoms with Gasteiger partial charge in [-0.05, 0) is 77.6 Å². The van der Waals surface area contributed by atoms with Crippen molar-refractivity contribution in [3.63, 3.8) is 0 Å². The summed E-state index contributed by atoms with van der Waals surface area (Å²) in [6.45, 7) is 14.9. The van der Waals surface area contributed by atoms with Gasteiger partial charge in [0.2, 0.25) is 11.8 Å². The molecule has 1 rings (SSSR count). The van der Waals surface area contributed by atoms with Gasteiger partial charge in [-0.3, -0.25) is 9.59 Å². The predicted molar refractivity (Wildman–Crippen MR) is 134 cm³/mol. The maximum atomic E-state index is 13.6. The van der Waals surface area contributed by atoms with Crippen molar-refractivity contribution in [3.8, 4) is 5.75 Å². The third-order valence-corrected chi connectivity index (χ3v) is 5.35. The number of ether oxygens (including phenoxy) is 1. The summed E-state index contributed by atoms with van der Waals surface area (Å²) in [5, 5.41) is 15.6. The molecule has 192 valence electrons. The highest BCUT2D eigenvalue weighted by molar-refractivity contribution is 5.92. The second kappa shape index (κ2) is 13.2. The lowest BCUT2D eigenvalue weighted by Gasteiger charge is -2.34. The van der Waals surface area contributed by atoms with Crippen LogP contribution >= 0.6 is 0 Å². The summed E-state index contributed by atoms with van der Waals surface area (Å²) >= 11 is 0. The monoisotopic (exact) mass is 477 g/mol. The number of carbonyl (C=O) groups excluding carboxylic acids is 3. The van der Waals surface area contributed by atoms with E-state index in [4.69, 9.17) is 4.74 Å². The Morgan fingerprint density at radius 3 is 2.26 bits per heavy atom. The SMILES string of the molecule is CCCCN(C(=O)C(C)NC(=O)OC(C)(C)C)C(C(=O)NC(C)CCC)c1ccc(O)c(C)c1. The molecule has 3 atom stereocenters. The number of carbonyl (C=O) groups is 3. The van der Waals surface area contributed by atoms with Crippen molar-refractivity contribution in [1.82, 2.24) is 15.5 Å². The van der Waals surface area contributed by atoms with Crippen molar-refractivity contribution >= 4 is 17.9 Å². The summed E-state index contributed by atoms with van der Waals surface area (Å²) in [7, 11) is 0. The molecule has 0 fully saturated rings. The average molecular weight is 478 g/mol. The molecule has 0 aliphatic carbocycles. The molecule has 8 nitrogen and oxygen atoms in total. The van der Waals surface area contributed by atoms with E-state index < -0.39 is 23.8 Å². The van der Waals surface area contributed by atoms with Gasteiger partial charge >= 0.3 is 6.09 Å². The minimum Gasteiger partial charge on any atom is -0.508 e. The number of phenolic OH excluding ortho intramolecular Hbond substituents is 1. The van der Waals surface area contributed by atoms with E-state index in [0.29, 0.717) is 24.1 Å². The fraction of sp³-hybridized carbons (Fsp3) is 0.654. The number of benzene rings is 1. The second-order valence-corrected chi connectivity index (χ2v) is 9.90. The lowest BCUT2D eigenvalue weighted by molar-refractivity contribution is -0.142. The third kappa shape index (κ3) is 9.23. The van der Waals surface area contributed by atoms with Crippen LogP contribution in [0, 0.1) is 6.92 Å². The van der Waals surface area contributed by atoms with Crippen molar-refractivity contribution in [1.29, 1.82) is 0 Å². The molecule has 0 heterocycles. The number of unbranched alkanes of at least 4 members (excludes halogenated alkanes) is 1. The maximum absolute atomic E-state index is 13.6. The van der Waals surface area contributed by atoms with Crippen molar-refractivity contribution in [3.05, 3.63) is 29.3 Å². The highest BCUT2D eigenvalue weighted by Gasteiger charge is 2.35. The smallest absolute Gasteiger partial charge is 0.408 e. The second-order valence-electron chi connectivity index (χ2n) is 9.90. The molecule has 3 amide bonds. The number of aromatic hydroxyl groups is 1. The molecule has 0 saturated carbocycles. The van der Waals surface area contributed by atoms with Gasteiger partial charge in [0.25, 0.3) is 0 Å². The standard InChI is InChI=1S/C26H43N3O5/c1-9-11-15-29(24(32)19(5)28-25(33)34-26(6,7)8)22(23(31)27-18(4)12-10-2)20-13-14-21(30)17(3)16-20/h13-14,16,18-19,22,30H,9-12,15H2,1-8H3,(H,27,31)(H,28,33). The molecular formula is C26H43N3O5. The Morgan fingerprint density at radius 1 is 1.09 bits per heavy atom. The summed E-state index contributed by atoms with van der Waals surface area (Å²) in [6.07, 6.45) is 2.55. The van der Waals surface area contributed by atoms with E-state index in [1.54, 1.807) is 46.8 Å². The molecule has 0 aromatic heterocycles. The fourth-order valence-electron chi connectivity index (χ4n) is 3.64. The Morgan fingerprint density at radius 2 is 1.74 bits per heavy atom. The van der Waals surface area contributed by atoms with Crippen LogP contribution in [-0.4, -0.2) is 52.1 Å². The van der Waals surface area contributed by atoms with E-state index in [1.807, 2.05) is 20.8 Å². The summed E-state index contributed by atoms with van der Waals surface area (Å²) in [6, 6.07) is 3.07. The summed E-state index contributed by atoms with van der Waals surface area (Å²) in [4.78, 5) is 40.8. The number of amides is 3. The lowest BCUT2D eigenvalue weighted by atomic mass is 9.99. The average Bonchev–Trinajstić information content (AvgIpc) is 2.71. The van der Waals surface area contributed by atoms with Crippen LogP contribution in [0.15, 0.2) is 18.2 Å². The molecule has 0 aliphatic rings. The highest BCUT2D eigenvalue weighted by Crippen LogP contribution is 2.27. The molecule has 3 N–H and O–H groups in total. The number of nitrogens with one attached hydrogen (secondary N) is 2. The zero-order valence-electron chi connectivity index (χ0n) is 22.0. The number of hydrogen-bond donors (Lipinski definition) is 3. The molecule has 1 aromatic carbocycles. The first kappa shape index (κ1) is 29.3. The number of hydrogen-bond acceptors (Lipinski definition) is 5. The van der Waals surface area contributed by atoms with Crippen molar-refractivity contribution < 1.29 is 24.2 Å². The van der Waals surface area contributed by atoms with Gasteiger partial charge in [0.05, 0.1) is 0 Å². The lowest BCUT2D eigenvalue weighted by Crippen LogP contribution is -2.52. The molecule has 0 bridgehead atoms. The van der Waals surface area contributed by atoms with Crippen molar-refractivity contribution in [2.24, 2.45) is 0 Å². The van der Waals surface area contributed by atoms with Gasteiger partial charge < -0.3 is 25.4 Å². The zero-order valence-corrected chi connectivity index (χ0v) is 22.0. The van der Waals surface area contributed by atoms with Gasteiger partial charge in [-0.25, -0.2) is 4.79 Å². The van der Waals surface area contributed by atoms with Gasteiger partial charge in [-0.1, -0.05) is 32.8 Å². The summed E-state index contributed by atoms with van der Waals surface area (Å²) in [5.74, 6) is -0.554. The normalized spacial score (nSPS) is 14.0. The van der Waals surface area contributed by atoms with Gasteiger partial charge in [-0.2, -0.15) is 0 Å². The van der Waals surface area contributed by atoms with E-state index in [2.05, 4.69) is 10.6 Å². The molecule has 34 heavy (non-hydrogen) atoms. The molecule has 8 heteroatoms. The molecule has 0 radical (unpaired) electrons. The number of nitrogens with zero attached hydrogens (tertiary/aromatic N) is 1. The minimum absolute atomic E-state index is 0.0568. The minimum atomic E-state index is -0.902. The maximum Gasteiger partial charge on any atom is 0.408 e. The Hall–Kier alpha value is -2.77. The van der Waals surface area contributed by atoms with E-state index in [1.165, 1.54) is 11.0 Å². The molecule has 3 unspecified atom stereocenters. The molecule has 0 aliphatic heterocycles. The Labute approximate surface area is 204 Å². The van der Waals surface area contributed by atoms with E-state index >= 15 is 0 Å². The number of alkyl carbamates (subject to hydrolysis) is 1. The Kier molecular flexibility index (Phi) is 11.4. The number of aryl methyl sites for hydroxylation is 1. The Bertz CT molecular complexity index is 834. The van der Waals surface area contributed by atoms with Crippen molar-refractivity contribution in [2.75, 3.05) is 6.54 Å². The molecule has 0 spiro atoms. The quantitative estimate of drug-likeness (QED) is 0.432. The first-order chi connectivity index (χ1) is 15.8. The highest BCUT2D eigenvalue weighted by atomic mass is 16.6. The van der Waals surface area contributed by atoms with Gasteiger partial charge in [0.15, 0.2) is 0 Å². The van der Waals surface area contributed by atoms with Crippen LogP contribution in [-0.2, 0) is 14.3 Å². The van der Waals surface area contributed by atoms with Crippen LogP contribution in [0.3, 0.4) is 0 Å². The van der Waals surface area contributed by atoms with Crippen LogP contribution in [0.1, 0.15) is 91.3 Å². The molecule has 1 aromatic rings. The van der Waals surface area contributed by atoms with E-state index in [0.717, 1.165) is 19.3 Å². The van der Waals surface area contributed by atoms with Crippen molar-refractivity contribution in [2.45, 2.75) is 105 Å². The molecule has 0 saturated heterocycles. The van der Waals surface area contributed by atoms with Crippen LogP contribution in [0.25, 0.3) is 0 Å². The van der Waals surface area contributed by atoms with E-state index in [-0.39, 0.29) is 23.6 Å². The summed E-state index contributed by atoms with van der Waals surface area (Å²) in [5.41, 5.74) is 0.515. The van der Waals surface area contributed by atoms with Gasteiger partial charge in [0.1, 0.15) is 23.4 Å². The van der Waals surface area contributed by atoms with E-state index in [9.17, 15) is 19.5 Å². The van der Waals surface area contributed by atoms with Crippen LogP contribution in [0.4, 0.5) is 4.79 Å². The topological polar surface area (TPSA) is 108 Å². The number of rotatable bonds is 11.